The first-order chi connectivity index (χ1) is 11.3. The molecule has 0 saturated carbocycles. The maximum absolute atomic E-state index is 4.93. The highest BCUT2D eigenvalue weighted by molar-refractivity contribution is 7.99. The van der Waals surface area contributed by atoms with E-state index in [1.54, 1.807) is 0 Å². The Morgan fingerprint density at radius 3 is 2.36 bits per heavy atom. The molecule has 1 N–H and O–H groups in total. The van der Waals surface area contributed by atoms with E-state index in [1.165, 1.54) is 0 Å². The predicted octanol–water partition coefficient (Wildman–Crippen LogP) is 2.14. The predicted molar refractivity (Wildman–Crippen MR) is 111 cm³/mol. The minimum absolute atomic E-state index is 0. The molecule has 2 saturated heterocycles. The van der Waals surface area contributed by atoms with E-state index in [2.05, 4.69) is 21.2 Å². The van der Waals surface area contributed by atoms with Gasteiger partial charge >= 0.3 is 0 Å². The minimum atomic E-state index is 0. The van der Waals surface area contributed by atoms with Crippen molar-refractivity contribution in [3.05, 3.63) is 17.8 Å². The zero-order valence-electron chi connectivity index (χ0n) is 14.3. The first-order valence-corrected chi connectivity index (χ1v) is 9.40. The second-order valence-electron chi connectivity index (χ2n) is 6.00. The van der Waals surface area contributed by atoms with Gasteiger partial charge in [-0.2, -0.15) is 16.7 Å². The lowest BCUT2D eigenvalue weighted by Crippen LogP contribution is -2.44. The third-order valence-electron chi connectivity index (χ3n) is 4.36. The summed E-state index contributed by atoms with van der Waals surface area (Å²) in [6.07, 6.45) is 0. The van der Waals surface area contributed by atoms with E-state index in [0.717, 1.165) is 79.3 Å². The van der Waals surface area contributed by atoms with Gasteiger partial charge in [0, 0.05) is 56.5 Å². The number of fused-ring (bicyclic) bond motifs is 1. The molecule has 4 heterocycles. The molecule has 9 heteroatoms. The van der Waals surface area contributed by atoms with Gasteiger partial charge in [0.1, 0.15) is 5.52 Å². The van der Waals surface area contributed by atoms with E-state index in [4.69, 9.17) is 15.0 Å². The van der Waals surface area contributed by atoms with Gasteiger partial charge < -0.3 is 15.1 Å². The summed E-state index contributed by atoms with van der Waals surface area (Å²) in [6, 6.07) is 4.11. The Kier molecular flexibility index (Phi) is 7.37. The molecular formula is C16H24Cl2N6S. The van der Waals surface area contributed by atoms with Gasteiger partial charge in [-0.05, 0) is 19.1 Å². The van der Waals surface area contributed by atoms with Crippen LogP contribution in [-0.4, -0.2) is 65.7 Å². The summed E-state index contributed by atoms with van der Waals surface area (Å²) in [5.41, 5.74) is 2.90. The number of pyridine rings is 1. The standard InChI is InChI=1S/C16H22N6S.2ClH/c1-12-2-3-13-14(18-12)15(21-6-4-17-5-7-21)20-16(19-13)22-8-10-23-11-9-22;;/h2-3,17H,4-11H2,1H3;2*1H. The number of rotatable bonds is 2. The first-order valence-electron chi connectivity index (χ1n) is 8.25. The van der Waals surface area contributed by atoms with Crippen molar-refractivity contribution in [2.75, 3.05) is 60.6 Å². The molecule has 25 heavy (non-hydrogen) atoms. The molecule has 4 rings (SSSR count). The van der Waals surface area contributed by atoms with Crippen molar-refractivity contribution >= 4 is 59.4 Å². The molecule has 2 aliphatic rings. The molecule has 2 aromatic heterocycles. The number of thioether (sulfide) groups is 1. The average molecular weight is 403 g/mol. The molecule has 2 aromatic rings. The molecule has 2 aliphatic heterocycles. The van der Waals surface area contributed by atoms with Crippen molar-refractivity contribution in [2.24, 2.45) is 0 Å². The molecule has 0 bridgehead atoms. The van der Waals surface area contributed by atoms with Gasteiger partial charge in [-0.25, -0.2) is 9.97 Å². The number of anilines is 2. The van der Waals surface area contributed by atoms with Crippen LogP contribution in [0, 0.1) is 6.92 Å². The average Bonchev–Trinajstić information content (AvgIpc) is 2.62. The first kappa shape index (κ1) is 20.3. The Morgan fingerprint density at radius 2 is 1.64 bits per heavy atom. The zero-order valence-corrected chi connectivity index (χ0v) is 16.7. The Hall–Kier alpha value is -1.02. The van der Waals surface area contributed by atoms with Crippen molar-refractivity contribution in [1.29, 1.82) is 0 Å². The largest absolute Gasteiger partial charge is 0.352 e. The molecule has 0 atom stereocenters. The van der Waals surface area contributed by atoms with Crippen molar-refractivity contribution < 1.29 is 0 Å². The second-order valence-corrected chi connectivity index (χ2v) is 7.23. The molecule has 0 spiro atoms. The lowest BCUT2D eigenvalue weighted by molar-refractivity contribution is 0.585. The van der Waals surface area contributed by atoms with Gasteiger partial charge in [-0.15, -0.1) is 24.8 Å². The number of halogens is 2. The van der Waals surface area contributed by atoms with Gasteiger partial charge in [0.2, 0.25) is 5.95 Å². The molecular weight excluding hydrogens is 379 g/mol. The highest BCUT2D eigenvalue weighted by atomic mass is 35.5. The summed E-state index contributed by atoms with van der Waals surface area (Å²) < 4.78 is 0. The van der Waals surface area contributed by atoms with Crippen LogP contribution in [0.5, 0.6) is 0 Å². The third kappa shape index (κ3) is 4.39. The van der Waals surface area contributed by atoms with Crippen LogP contribution in [0.15, 0.2) is 12.1 Å². The summed E-state index contributed by atoms with van der Waals surface area (Å²) in [7, 11) is 0. The van der Waals surface area contributed by atoms with Gasteiger partial charge in [-0.3, -0.25) is 0 Å². The van der Waals surface area contributed by atoms with Gasteiger partial charge in [0.15, 0.2) is 5.82 Å². The molecule has 0 aliphatic carbocycles. The molecule has 6 nitrogen and oxygen atoms in total. The Balaban J connectivity index is 0.00000113. The fraction of sp³-hybridized carbons (Fsp3) is 0.562. The summed E-state index contributed by atoms with van der Waals surface area (Å²) in [6.45, 7) is 8.00. The Bertz CT molecular complexity index is 704. The van der Waals surface area contributed by atoms with Crippen LogP contribution in [0.3, 0.4) is 0 Å². The van der Waals surface area contributed by atoms with Crippen LogP contribution in [-0.2, 0) is 0 Å². The topological polar surface area (TPSA) is 57.2 Å². The van der Waals surface area contributed by atoms with Crippen LogP contribution in [0.25, 0.3) is 11.0 Å². The van der Waals surface area contributed by atoms with E-state index in [9.17, 15) is 0 Å². The Labute approximate surface area is 165 Å². The molecule has 0 aromatic carbocycles. The zero-order chi connectivity index (χ0) is 15.6. The van der Waals surface area contributed by atoms with Crippen LogP contribution < -0.4 is 15.1 Å². The normalized spacial score (nSPS) is 17.8. The molecule has 0 unspecified atom stereocenters. The van der Waals surface area contributed by atoms with E-state index in [0.29, 0.717) is 0 Å². The molecule has 0 radical (unpaired) electrons. The fourth-order valence-electron chi connectivity index (χ4n) is 3.09. The Morgan fingerprint density at radius 1 is 0.920 bits per heavy atom. The number of piperazine rings is 1. The van der Waals surface area contributed by atoms with Gasteiger partial charge in [0.05, 0.1) is 5.52 Å². The lowest BCUT2D eigenvalue weighted by Gasteiger charge is -2.31. The summed E-state index contributed by atoms with van der Waals surface area (Å²) in [5, 5.41) is 3.40. The molecule has 2 fully saturated rings. The highest BCUT2D eigenvalue weighted by Gasteiger charge is 2.21. The van der Waals surface area contributed by atoms with E-state index in [1.807, 2.05) is 24.8 Å². The van der Waals surface area contributed by atoms with Crippen LogP contribution in [0.2, 0.25) is 0 Å². The summed E-state index contributed by atoms with van der Waals surface area (Å²) >= 11 is 2.00. The van der Waals surface area contributed by atoms with Crippen molar-refractivity contribution in [2.45, 2.75) is 6.92 Å². The van der Waals surface area contributed by atoms with Crippen molar-refractivity contribution in [1.82, 2.24) is 20.3 Å². The van der Waals surface area contributed by atoms with E-state index >= 15 is 0 Å². The maximum atomic E-state index is 4.93. The number of aromatic nitrogens is 3. The van der Waals surface area contributed by atoms with Crippen LogP contribution in [0.4, 0.5) is 11.8 Å². The summed E-state index contributed by atoms with van der Waals surface area (Å²) in [5.74, 6) is 4.15. The lowest BCUT2D eigenvalue weighted by atomic mass is 10.2. The molecule has 0 amide bonds. The minimum Gasteiger partial charge on any atom is -0.352 e. The second kappa shape index (κ2) is 9.07. The third-order valence-corrected chi connectivity index (χ3v) is 5.30. The van der Waals surface area contributed by atoms with Crippen molar-refractivity contribution in [3.8, 4) is 0 Å². The highest BCUT2D eigenvalue weighted by Crippen LogP contribution is 2.27. The number of aryl methyl sites for hydroxylation is 1. The number of nitrogens with zero attached hydrogens (tertiary/aromatic N) is 5. The van der Waals surface area contributed by atoms with Gasteiger partial charge in [-0.1, -0.05) is 0 Å². The van der Waals surface area contributed by atoms with Crippen molar-refractivity contribution in [3.63, 3.8) is 0 Å². The maximum Gasteiger partial charge on any atom is 0.228 e. The number of hydrogen-bond donors (Lipinski definition) is 1. The number of hydrogen-bond acceptors (Lipinski definition) is 7. The van der Waals surface area contributed by atoms with Gasteiger partial charge in [0.25, 0.3) is 0 Å². The molecule has 138 valence electrons. The van der Waals surface area contributed by atoms with E-state index < -0.39 is 0 Å². The summed E-state index contributed by atoms with van der Waals surface area (Å²) in [4.78, 5) is 19.1. The fourth-order valence-corrected chi connectivity index (χ4v) is 3.99. The quantitative estimate of drug-likeness (QED) is 0.825. The van der Waals surface area contributed by atoms with Crippen LogP contribution >= 0.6 is 36.6 Å². The number of nitrogens with one attached hydrogen (secondary N) is 1. The monoisotopic (exact) mass is 402 g/mol. The smallest absolute Gasteiger partial charge is 0.228 e. The SMILES string of the molecule is Cc1ccc2nc(N3CCSCC3)nc(N3CCNCC3)c2n1.Cl.Cl. The van der Waals surface area contributed by atoms with E-state index in [-0.39, 0.29) is 24.8 Å². The van der Waals surface area contributed by atoms with Crippen LogP contribution in [0.1, 0.15) is 5.69 Å².